The van der Waals surface area contributed by atoms with E-state index in [0.717, 1.165) is 23.6 Å². The minimum Gasteiger partial charge on any atom is -0.438 e. The number of rotatable bonds is 7. The summed E-state index contributed by atoms with van der Waals surface area (Å²) < 4.78 is 5.94. The van der Waals surface area contributed by atoms with Gasteiger partial charge in [0.2, 0.25) is 5.88 Å². The van der Waals surface area contributed by atoms with Gasteiger partial charge in [-0.2, -0.15) is 0 Å². The Morgan fingerprint density at radius 1 is 1.29 bits per heavy atom. The van der Waals surface area contributed by atoms with Crippen LogP contribution in [0.2, 0.25) is 0 Å². The third kappa shape index (κ3) is 4.48. The van der Waals surface area contributed by atoms with Crippen LogP contribution in [0.15, 0.2) is 47.5 Å². The first-order valence-electron chi connectivity index (χ1n) is 7.24. The molecule has 112 valence electrons. The van der Waals surface area contributed by atoms with Crippen molar-refractivity contribution in [2.75, 3.05) is 12.8 Å². The summed E-state index contributed by atoms with van der Waals surface area (Å²) in [5, 5.41) is 3.47. The monoisotopic (exact) mass is 302 g/mol. The highest BCUT2D eigenvalue weighted by atomic mass is 32.2. The summed E-state index contributed by atoms with van der Waals surface area (Å²) >= 11 is 1.67. The van der Waals surface area contributed by atoms with Gasteiger partial charge in [-0.05, 0) is 49.9 Å². The predicted molar refractivity (Wildman–Crippen MR) is 89.2 cm³/mol. The topological polar surface area (TPSA) is 34.2 Å². The summed E-state index contributed by atoms with van der Waals surface area (Å²) in [4.78, 5) is 5.43. The largest absolute Gasteiger partial charge is 0.438 e. The molecule has 0 bridgehead atoms. The van der Waals surface area contributed by atoms with Gasteiger partial charge in [-0.25, -0.2) is 4.98 Å². The van der Waals surface area contributed by atoms with Crippen LogP contribution >= 0.6 is 11.8 Å². The van der Waals surface area contributed by atoms with Crippen molar-refractivity contribution in [2.45, 2.75) is 31.2 Å². The first-order valence-corrected chi connectivity index (χ1v) is 8.47. The molecule has 3 nitrogen and oxygen atoms in total. The summed E-state index contributed by atoms with van der Waals surface area (Å²) in [5.41, 5.74) is 1.19. The molecule has 21 heavy (non-hydrogen) atoms. The molecule has 2 aromatic rings. The van der Waals surface area contributed by atoms with Crippen molar-refractivity contribution in [2.24, 2.45) is 0 Å². The molecule has 0 aliphatic rings. The lowest BCUT2D eigenvalue weighted by atomic mass is 10.1. The first-order chi connectivity index (χ1) is 10.2. The van der Waals surface area contributed by atoms with Gasteiger partial charge in [0.25, 0.3) is 0 Å². The van der Waals surface area contributed by atoms with E-state index in [1.165, 1.54) is 5.56 Å². The van der Waals surface area contributed by atoms with E-state index in [9.17, 15) is 0 Å². The Balaban J connectivity index is 2.14. The summed E-state index contributed by atoms with van der Waals surface area (Å²) in [5.74, 6) is 1.49. The number of hydrogen-bond acceptors (Lipinski definition) is 4. The number of hydrogen-bond donors (Lipinski definition) is 1. The van der Waals surface area contributed by atoms with Crippen LogP contribution in [0, 0.1) is 0 Å². The molecule has 0 spiro atoms. The molecule has 4 heteroatoms. The maximum absolute atomic E-state index is 5.94. The molecule has 0 aliphatic heterocycles. The second-order valence-electron chi connectivity index (χ2n) is 4.86. The minimum atomic E-state index is 0.297. The van der Waals surface area contributed by atoms with Crippen LogP contribution in [-0.2, 0) is 0 Å². The van der Waals surface area contributed by atoms with Gasteiger partial charge < -0.3 is 10.1 Å². The molecule has 1 aromatic heterocycles. The zero-order chi connectivity index (χ0) is 15.1. The zero-order valence-electron chi connectivity index (χ0n) is 12.8. The van der Waals surface area contributed by atoms with Crippen molar-refractivity contribution in [1.29, 1.82) is 0 Å². The summed E-state index contributed by atoms with van der Waals surface area (Å²) in [6, 6.07) is 12.3. The maximum atomic E-state index is 5.94. The van der Waals surface area contributed by atoms with E-state index in [-0.39, 0.29) is 0 Å². The number of benzene rings is 1. The molecule has 2 rings (SSSR count). The van der Waals surface area contributed by atoms with Gasteiger partial charge in [0.15, 0.2) is 0 Å². The molecule has 0 saturated heterocycles. The molecule has 0 fully saturated rings. The number of thioether (sulfide) groups is 1. The highest BCUT2D eigenvalue weighted by molar-refractivity contribution is 7.98. The summed E-state index contributed by atoms with van der Waals surface area (Å²) in [6.07, 6.45) is 4.97. The number of nitrogens with one attached hydrogen (secondary N) is 1. The molecule has 1 heterocycles. The average Bonchev–Trinajstić information content (AvgIpc) is 2.53. The Hall–Kier alpha value is -1.52. The van der Waals surface area contributed by atoms with Gasteiger partial charge in [0, 0.05) is 23.2 Å². The summed E-state index contributed by atoms with van der Waals surface area (Å²) in [7, 11) is 0. The molecule has 0 amide bonds. The van der Waals surface area contributed by atoms with Crippen LogP contribution in [0.3, 0.4) is 0 Å². The smallest absolute Gasteiger partial charge is 0.219 e. The fourth-order valence-corrected chi connectivity index (χ4v) is 2.57. The lowest BCUT2D eigenvalue weighted by Gasteiger charge is -2.15. The van der Waals surface area contributed by atoms with Crippen molar-refractivity contribution in [1.82, 2.24) is 10.3 Å². The van der Waals surface area contributed by atoms with Crippen molar-refractivity contribution in [3.63, 3.8) is 0 Å². The molecule has 1 N–H and O–H groups in total. The Morgan fingerprint density at radius 2 is 2.10 bits per heavy atom. The van der Waals surface area contributed by atoms with E-state index in [1.54, 1.807) is 18.0 Å². The lowest BCUT2D eigenvalue weighted by molar-refractivity contribution is 0.449. The molecule has 1 atom stereocenters. The summed E-state index contributed by atoms with van der Waals surface area (Å²) in [6.45, 7) is 5.33. The lowest BCUT2D eigenvalue weighted by Crippen LogP contribution is -2.19. The first kappa shape index (κ1) is 15.9. The normalized spacial score (nSPS) is 12.1. The Morgan fingerprint density at radius 3 is 2.86 bits per heavy atom. The zero-order valence-corrected chi connectivity index (χ0v) is 13.6. The van der Waals surface area contributed by atoms with Crippen molar-refractivity contribution < 1.29 is 4.74 Å². The standard InChI is InChI=1S/C17H22N2OS/c1-4-10-18-13(2)14-9-11-19-17(12-14)20-15-7-5-6-8-16(15)21-3/h5-9,11-13,18H,4,10H2,1-3H3. The predicted octanol–water partition coefficient (Wildman–Crippen LogP) is 4.66. The van der Waals surface area contributed by atoms with Crippen LogP contribution in [0.5, 0.6) is 11.6 Å². The van der Waals surface area contributed by atoms with Gasteiger partial charge in [0.05, 0.1) is 0 Å². The van der Waals surface area contributed by atoms with Crippen LogP contribution in [0.25, 0.3) is 0 Å². The molecular weight excluding hydrogens is 280 g/mol. The second-order valence-corrected chi connectivity index (χ2v) is 5.70. The van der Waals surface area contributed by atoms with Crippen LogP contribution in [0.4, 0.5) is 0 Å². The molecule has 1 unspecified atom stereocenters. The average molecular weight is 302 g/mol. The second kappa shape index (κ2) is 8.05. The van der Waals surface area contributed by atoms with Gasteiger partial charge >= 0.3 is 0 Å². The molecule has 0 saturated carbocycles. The molecule has 0 aliphatic carbocycles. The van der Waals surface area contributed by atoms with Crippen molar-refractivity contribution in [3.05, 3.63) is 48.2 Å². The van der Waals surface area contributed by atoms with E-state index in [4.69, 9.17) is 4.74 Å². The molecular formula is C17H22N2OS. The van der Waals surface area contributed by atoms with Crippen LogP contribution in [0.1, 0.15) is 31.9 Å². The maximum Gasteiger partial charge on any atom is 0.219 e. The van der Waals surface area contributed by atoms with E-state index in [2.05, 4.69) is 30.2 Å². The van der Waals surface area contributed by atoms with Gasteiger partial charge in [-0.1, -0.05) is 19.1 Å². The number of ether oxygens (including phenoxy) is 1. The van der Waals surface area contributed by atoms with Crippen molar-refractivity contribution >= 4 is 11.8 Å². The van der Waals surface area contributed by atoms with Crippen LogP contribution < -0.4 is 10.1 Å². The fourth-order valence-electron chi connectivity index (χ4n) is 2.04. The Kier molecular flexibility index (Phi) is 6.08. The highest BCUT2D eigenvalue weighted by Gasteiger charge is 2.08. The molecule has 1 aromatic carbocycles. The van der Waals surface area contributed by atoms with Gasteiger partial charge in [-0.3, -0.25) is 0 Å². The highest BCUT2D eigenvalue weighted by Crippen LogP contribution is 2.31. The molecule has 0 radical (unpaired) electrons. The van der Waals surface area contributed by atoms with Gasteiger partial charge in [-0.15, -0.1) is 11.8 Å². The Bertz CT molecular complexity index is 574. The quantitative estimate of drug-likeness (QED) is 0.755. The fraction of sp³-hybridized carbons (Fsp3) is 0.353. The number of aromatic nitrogens is 1. The number of para-hydroxylation sites is 1. The van der Waals surface area contributed by atoms with Crippen molar-refractivity contribution in [3.8, 4) is 11.6 Å². The van der Waals surface area contributed by atoms with E-state index in [1.807, 2.05) is 36.6 Å². The van der Waals surface area contributed by atoms with E-state index >= 15 is 0 Å². The van der Waals surface area contributed by atoms with E-state index < -0.39 is 0 Å². The van der Waals surface area contributed by atoms with E-state index in [0.29, 0.717) is 11.9 Å². The minimum absolute atomic E-state index is 0.297. The van der Waals surface area contributed by atoms with Crippen LogP contribution in [-0.4, -0.2) is 17.8 Å². The SMILES string of the molecule is CCCNC(C)c1ccnc(Oc2ccccc2SC)c1. The number of pyridine rings is 1. The Labute approximate surface area is 131 Å². The third-order valence-electron chi connectivity index (χ3n) is 3.24. The third-order valence-corrected chi connectivity index (χ3v) is 4.02. The van der Waals surface area contributed by atoms with Gasteiger partial charge in [0.1, 0.15) is 5.75 Å². The number of nitrogens with zero attached hydrogens (tertiary/aromatic N) is 1.